The second kappa shape index (κ2) is 6.79. The number of hydrazone groups is 1. The fraction of sp³-hybridized carbons (Fsp3) is 0. The van der Waals surface area contributed by atoms with Gasteiger partial charge in [0.2, 0.25) is 0 Å². The lowest BCUT2D eigenvalue weighted by atomic mass is 10.2. The summed E-state index contributed by atoms with van der Waals surface area (Å²) < 4.78 is 5.76. The summed E-state index contributed by atoms with van der Waals surface area (Å²) in [6, 6.07) is 19.0. The van der Waals surface area contributed by atoms with Crippen molar-refractivity contribution in [3.8, 4) is 11.3 Å². The van der Waals surface area contributed by atoms with Crippen molar-refractivity contribution in [1.82, 2.24) is 20.2 Å². The number of furan rings is 1. The lowest BCUT2D eigenvalue weighted by Crippen LogP contribution is -1.98. The van der Waals surface area contributed by atoms with Gasteiger partial charge in [-0.05, 0) is 42.5 Å². The van der Waals surface area contributed by atoms with Crippen LogP contribution in [0.3, 0.4) is 0 Å². The number of fused-ring (bicyclic) bond motifs is 3. The van der Waals surface area contributed by atoms with Crippen LogP contribution in [0.1, 0.15) is 5.76 Å². The van der Waals surface area contributed by atoms with E-state index in [4.69, 9.17) is 16.0 Å². The summed E-state index contributed by atoms with van der Waals surface area (Å²) in [7, 11) is 0. The first kappa shape index (κ1) is 16.5. The molecule has 0 radical (unpaired) electrons. The van der Waals surface area contributed by atoms with Crippen molar-refractivity contribution in [1.29, 1.82) is 0 Å². The molecular formula is C20H13ClN6O. The molecule has 0 saturated heterocycles. The highest BCUT2D eigenvalue weighted by Crippen LogP contribution is 2.24. The number of aromatic amines is 1. The fourth-order valence-corrected chi connectivity index (χ4v) is 3.04. The topological polar surface area (TPSA) is 92.0 Å². The zero-order valence-corrected chi connectivity index (χ0v) is 15.2. The van der Waals surface area contributed by atoms with Gasteiger partial charge in [-0.2, -0.15) is 10.1 Å². The number of benzene rings is 2. The molecule has 2 aromatic carbocycles. The summed E-state index contributed by atoms with van der Waals surface area (Å²) in [5, 5.41) is 14.1. The van der Waals surface area contributed by atoms with E-state index in [2.05, 4.69) is 30.7 Å². The molecule has 7 nitrogen and oxygen atoms in total. The van der Waals surface area contributed by atoms with E-state index in [1.165, 1.54) is 0 Å². The lowest BCUT2D eigenvalue weighted by Gasteiger charge is -1.97. The average molecular weight is 389 g/mol. The molecule has 8 heteroatoms. The number of hydrogen-bond acceptors (Lipinski definition) is 6. The van der Waals surface area contributed by atoms with Gasteiger partial charge in [0.05, 0.1) is 6.21 Å². The predicted octanol–water partition coefficient (Wildman–Crippen LogP) is 4.87. The van der Waals surface area contributed by atoms with Crippen LogP contribution in [-0.4, -0.2) is 26.4 Å². The number of nitrogens with zero attached hydrogens (tertiary/aromatic N) is 4. The number of aromatic nitrogens is 4. The molecule has 0 aliphatic carbocycles. The quantitative estimate of drug-likeness (QED) is 0.338. The molecule has 28 heavy (non-hydrogen) atoms. The van der Waals surface area contributed by atoms with Crippen molar-refractivity contribution in [2.45, 2.75) is 0 Å². The summed E-state index contributed by atoms with van der Waals surface area (Å²) in [5.41, 5.74) is 6.05. The number of hydrogen-bond donors (Lipinski definition) is 2. The number of H-pyrrole nitrogens is 1. The Morgan fingerprint density at radius 2 is 1.86 bits per heavy atom. The molecule has 5 aromatic rings. The minimum Gasteiger partial charge on any atom is -0.455 e. The summed E-state index contributed by atoms with van der Waals surface area (Å²) in [4.78, 5) is 7.63. The van der Waals surface area contributed by atoms with Gasteiger partial charge in [-0.25, -0.2) is 5.43 Å². The van der Waals surface area contributed by atoms with Crippen LogP contribution in [-0.2, 0) is 0 Å². The van der Waals surface area contributed by atoms with Crippen molar-refractivity contribution in [2.24, 2.45) is 5.10 Å². The van der Waals surface area contributed by atoms with Gasteiger partial charge in [0.25, 0.3) is 5.95 Å². The molecule has 3 heterocycles. The molecule has 0 aliphatic heterocycles. The molecular weight excluding hydrogens is 376 g/mol. The first-order valence-corrected chi connectivity index (χ1v) is 8.90. The molecule has 3 aromatic heterocycles. The molecule has 0 unspecified atom stereocenters. The third kappa shape index (κ3) is 3.08. The smallest absolute Gasteiger partial charge is 0.265 e. The van der Waals surface area contributed by atoms with E-state index in [9.17, 15) is 0 Å². The lowest BCUT2D eigenvalue weighted by molar-refractivity contribution is 0.575. The zero-order valence-electron chi connectivity index (χ0n) is 14.4. The van der Waals surface area contributed by atoms with Crippen LogP contribution in [0.2, 0.25) is 5.02 Å². The van der Waals surface area contributed by atoms with E-state index in [0.29, 0.717) is 22.4 Å². The Morgan fingerprint density at radius 3 is 2.75 bits per heavy atom. The van der Waals surface area contributed by atoms with Crippen molar-refractivity contribution in [2.75, 3.05) is 5.43 Å². The van der Waals surface area contributed by atoms with Crippen molar-refractivity contribution < 1.29 is 4.42 Å². The van der Waals surface area contributed by atoms with Gasteiger partial charge in [0.1, 0.15) is 17.0 Å². The van der Waals surface area contributed by atoms with Gasteiger partial charge in [0, 0.05) is 21.5 Å². The second-order valence-electron chi connectivity index (χ2n) is 6.08. The number of rotatable bonds is 4. The Balaban J connectivity index is 1.34. The zero-order chi connectivity index (χ0) is 18.9. The number of anilines is 1. The van der Waals surface area contributed by atoms with Gasteiger partial charge in [-0.3, -0.25) is 0 Å². The van der Waals surface area contributed by atoms with Crippen LogP contribution in [0.25, 0.3) is 33.4 Å². The van der Waals surface area contributed by atoms with Gasteiger partial charge < -0.3 is 9.40 Å². The molecule has 136 valence electrons. The van der Waals surface area contributed by atoms with Gasteiger partial charge in [0.15, 0.2) is 5.65 Å². The first-order valence-electron chi connectivity index (χ1n) is 8.52. The molecule has 0 saturated carbocycles. The average Bonchev–Trinajstić information content (AvgIpc) is 3.33. The van der Waals surface area contributed by atoms with E-state index in [0.717, 1.165) is 27.7 Å². The highest BCUT2D eigenvalue weighted by atomic mass is 35.5. The van der Waals surface area contributed by atoms with Crippen LogP contribution < -0.4 is 5.43 Å². The minimum atomic E-state index is 0.291. The Kier molecular flexibility index (Phi) is 3.99. The van der Waals surface area contributed by atoms with E-state index in [-0.39, 0.29) is 0 Å². The van der Waals surface area contributed by atoms with E-state index in [1.54, 1.807) is 6.21 Å². The summed E-state index contributed by atoms with van der Waals surface area (Å²) in [5.74, 6) is 1.62. The largest absolute Gasteiger partial charge is 0.455 e. The van der Waals surface area contributed by atoms with Crippen molar-refractivity contribution >= 4 is 45.8 Å². The van der Waals surface area contributed by atoms with Gasteiger partial charge in [-0.1, -0.05) is 29.8 Å². The molecule has 5 rings (SSSR count). The second-order valence-corrected chi connectivity index (χ2v) is 6.52. The molecule has 0 amide bonds. The molecule has 0 fully saturated rings. The summed E-state index contributed by atoms with van der Waals surface area (Å²) in [6.45, 7) is 0. The standard InChI is InChI=1S/C20H13ClN6O/c21-13-7-5-12(6-8-13)17-10-9-14(28-17)11-22-26-20-24-19-18(25-27-20)15-3-1-2-4-16(15)23-19/h1-11H,(H2,23,24,26,27). The Bertz CT molecular complexity index is 1310. The highest BCUT2D eigenvalue weighted by molar-refractivity contribution is 6.30. The SMILES string of the molecule is Clc1ccc(-c2ccc(C=NNc3nnc4c(n3)[nH]c3ccccc34)o2)cc1. The summed E-state index contributed by atoms with van der Waals surface area (Å²) >= 11 is 5.91. The van der Waals surface area contributed by atoms with Gasteiger partial charge >= 0.3 is 0 Å². The van der Waals surface area contributed by atoms with Crippen molar-refractivity contribution in [3.05, 3.63) is 71.4 Å². The fourth-order valence-electron chi connectivity index (χ4n) is 2.91. The van der Waals surface area contributed by atoms with Gasteiger partial charge in [-0.15, -0.1) is 10.2 Å². The van der Waals surface area contributed by atoms with Crippen LogP contribution in [0.4, 0.5) is 5.95 Å². The molecule has 2 N–H and O–H groups in total. The summed E-state index contributed by atoms with van der Waals surface area (Å²) in [6.07, 6.45) is 1.55. The van der Waals surface area contributed by atoms with E-state index < -0.39 is 0 Å². The monoisotopic (exact) mass is 388 g/mol. The van der Waals surface area contributed by atoms with Crippen LogP contribution in [0.15, 0.2) is 70.2 Å². The normalized spacial score (nSPS) is 11.6. The molecule has 0 atom stereocenters. The first-order chi connectivity index (χ1) is 13.8. The molecule has 0 spiro atoms. The van der Waals surface area contributed by atoms with Crippen molar-refractivity contribution in [3.63, 3.8) is 0 Å². The van der Waals surface area contributed by atoms with Crippen LogP contribution in [0, 0.1) is 0 Å². The molecule has 0 bridgehead atoms. The van der Waals surface area contributed by atoms with Crippen LogP contribution >= 0.6 is 11.6 Å². The number of para-hydroxylation sites is 1. The van der Waals surface area contributed by atoms with Crippen LogP contribution in [0.5, 0.6) is 0 Å². The Labute approximate surface area is 164 Å². The maximum absolute atomic E-state index is 5.91. The Morgan fingerprint density at radius 1 is 1.00 bits per heavy atom. The maximum Gasteiger partial charge on any atom is 0.265 e. The minimum absolute atomic E-state index is 0.291. The number of halogens is 1. The molecule has 0 aliphatic rings. The predicted molar refractivity (Wildman–Crippen MR) is 110 cm³/mol. The third-order valence-electron chi connectivity index (χ3n) is 4.23. The Hall–Kier alpha value is -3.71. The highest BCUT2D eigenvalue weighted by Gasteiger charge is 2.08. The third-order valence-corrected chi connectivity index (χ3v) is 4.49. The van der Waals surface area contributed by atoms with E-state index >= 15 is 0 Å². The van der Waals surface area contributed by atoms with E-state index in [1.807, 2.05) is 60.7 Å². The number of nitrogens with one attached hydrogen (secondary N) is 2. The maximum atomic E-state index is 5.91.